The molecule has 0 aliphatic heterocycles. The highest BCUT2D eigenvalue weighted by Crippen LogP contribution is 2.23. The molecule has 0 aliphatic rings. The minimum absolute atomic E-state index is 0.186. The Morgan fingerprint density at radius 1 is 1.19 bits per heavy atom. The van der Waals surface area contributed by atoms with Gasteiger partial charge in [0.05, 0.1) is 12.2 Å². The SMILES string of the molecule is CC(=O)Nc1cccc(C(=O)OCCCc2c[nH]c3ccc(Cl)cc23)c1. The molecule has 1 heterocycles. The highest BCUT2D eigenvalue weighted by atomic mass is 35.5. The molecule has 26 heavy (non-hydrogen) atoms. The maximum Gasteiger partial charge on any atom is 0.338 e. The van der Waals surface area contributed by atoms with E-state index in [2.05, 4.69) is 10.3 Å². The Balaban J connectivity index is 1.54. The van der Waals surface area contributed by atoms with Gasteiger partial charge in [-0.05, 0) is 54.8 Å². The van der Waals surface area contributed by atoms with Crippen LogP contribution in [0.4, 0.5) is 5.69 Å². The summed E-state index contributed by atoms with van der Waals surface area (Å²) in [6.45, 7) is 1.74. The number of hydrogen-bond acceptors (Lipinski definition) is 3. The fraction of sp³-hybridized carbons (Fsp3) is 0.200. The van der Waals surface area contributed by atoms with Crippen molar-refractivity contribution in [1.29, 1.82) is 0 Å². The van der Waals surface area contributed by atoms with Gasteiger partial charge in [-0.25, -0.2) is 4.79 Å². The van der Waals surface area contributed by atoms with Crippen LogP contribution in [0.15, 0.2) is 48.7 Å². The third kappa shape index (κ3) is 4.43. The number of halogens is 1. The molecule has 0 atom stereocenters. The Bertz CT molecular complexity index is 949. The number of ether oxygens (including phenoxy) is 1. The summed E-state index contributed by atoms with van der Waals surface area (Å²) >= 11 is 6.05. The van der Waals surface area contributed by atoms with Crippen LogP contribution in [0.2, 0.25) is 5.02 Å². The predicted molar refractivity (Wildman–Crippen MR) is 103 cm³/mol. The zero-order chi connectivity index (χ0) is 18.5. The highest BCUT2D eigenvalue weighted by Gasteiger charge is 2.09. The van der Waals surface area contributed by atoms with Gasteiger partial charge in [0.25, 0.3) is 0 Å². The van der Waals surface area contributed by atoms with Crippen molar-refractivity contribution in [2.45, 2.75) is 19.8 Å². The van der Waals surface area contributed by atoms with Gasteiger partial charge in [0.1, 0.15) is 0 Å². The van der Waals surface area contributed by atoms with Gasteiger partial charge in [0.15, 0.2) is 0 Å². The number of aryl methyl sites for hydroxylation is 1. The number of nitrogens with one attached hydrogen (secondary N) is 2. The smallest absolute Gasteiger partial charge is 0.338 e. The van der Waals surface area contributed by atoms with Gasteiger partial charge in [0.2, 0.25) is 5.91 Å². The van der Waals surface area contributed by atoms with Crippen molar-refractivity contribution in [1.82, 2.24) is 4.98 Å². The van der Waals surface area contributed by atoms with Gasteiger partial charge < -0.3 is 15.0 Å². The average molecular weight is 371 g/mol. The summed E-state index contributed by atoms with van der Waals surface area (Å²) < 4.78 is 5.33. The molecule has 1 aromatic heterocycles. The van der Waals surface area contributed by atoms with Crippen LogP contribution >= 0.6 is 11.6 Å². The van der Waals surface area contributed by atoms with Gasteiger partial charge in [-0.2, -0.15) is 0 Å². The van der Waals surface area contributed by atoms with Gasteiger partial charge in [-0.1, -0.05) is 17.7 Å². The number of rotatable bonds is 6. The zero-order valence-electron chi connectivity index (χ0n) is 14.3. The highest BCUT2D eigenvalue weighted by molar-refractivity contribution is 6.31. The minimum Gasteiger partial charge on any atom is -0.462 e. The number of carbonyl (C=O) groups excluding carboxylic acids is 2. The quantitative estimate of drug-likeness (QED) is 0.493. The average Bonchev–Trinajstić information content (AvgIpc) is 3.00. The summed E-state index contributed by atoms with van der Waals surface area (Å²) in [4.78, 5) is 26.4. The Hall–Kier alpha value is -2.79. The normalized spacial score (nSPS) is 10.7. The molecule has 0 fully saturated rings. The monoisotopic (exact) mass is 370 g/mol. The lowest BCUT2D eigenvalue weighted by Gasteiger charge is -2.07. The van der Waals surface area contributed by atoms with Crippen molar-refractivity contribution in [3.63, 3.8) is 0 Å². The van der Waals surface area contributed by atoms with E-state index in [1.165, 1.54) is 6.92 Å². The number of anilines is 1. The maximum absolute atomic E-state index is 12.1. The number of fused-ring (bicyclic) bond motifs is 1. The van der Waals surface area contributed by atoms with Gasteiger partial charge in [0, 0.05) is 34.7 Å². The number of benzene rings is 2. The van der Waals surface area contributed by atoms with Crippen molar-refractivity contribution in [3.05, 3.63) is 64.8 Å². The number of aromatic nitrogens is 1. The molecule has 0 saturated carbocycles. The van der Waals surface area contributed by atoms with Crippen LogP contribution in [0, 0.1) is 0 Å². The number of H-pyrrole nitrogens is 1. The maximum atomic E-state index is 12.1. The van der Waals surface area contributed by atoms with Gasteiger partial charge in [-0.15, -0.1) is 0 Å². The zero-order valence-corrected chi connectivity index (χ0v) is 15.1. The minimum atomic E-state index is -0.404. The molecular formula is C20H19ClN2O3. The molecular weight excluding hydrogens is 352 g/mol. The molecule has 0 bridgehead atoms. The molecule has 134 valence electrons. The Labute approximate surface area is 156 Å². The first-order chi connectivity index (χ1) is 12.5. The molecule has 1 amide bonds. The molecule has 0 aliphatic carbocycles. The first kappa shape index (κ1) is 18.0. The fourth-order valence-electron chi connectivity index (χ4n) is 2.80. The Morgan fingerprint density at radius 3 is 2.85 bits per heavy atom. The van der Waals surface area contributed by atoms with Crippen LogP contribution in [0.3, 0.4) is 0 Å². The molecule has 3 aromatic rings. The van der Waals surface area contributed by atoms with E-state index >= 15 is 0 Å². The predicted octanol–water partition coefficient (Wildman–Crippen LogP) is 4.57. The lowest BCUT2D eigenvalue weighted by atomic mass is 10.1. The van der Waals surface area contributed by atoms with Crippen LogP contribution in [0.5, 0.6) is 0 Å². The number of amides is 1. The van der Waals surface area contributed by atoms with E-state index in [0.717, 1.165) is 22.9 Å². The van der Waals surface area contributed by atoms with Crippen LogP contribution in [0.25, 0.3) is 10.9 Å². The molecule has 5 nitrogen and oxygen atoms in total. The third-order valence-corrected chi connectivity index (χ3v) is 4.21. The van der Waals surface area contributed by atoms with E-state index < -0.39 is 5.97 Å². The number of hydrogen-bond donors (Lipinski definition) is 2. The number of carbonyl (C=O) groups is 2. The first-order valence-electron chi connectivity index (χ1n) is 8.33. The fourth-order valence-corrected chi connectivity index (χ4v) is 2.97. The molecule has 0 radical (unpaired) electrons. The van der Waals surface area contributed by atoms with Gasteiger partial charge in [-0.3, -0.25) is 4.79 Å². The van der Waals surface area contributed by atoms with Crippen molar-refractivity contribution >= 4 is 40.1 Å². The number of aromatic amines is 1. The Kier molecular flexibility index (Phi) is 5.58. The van der Waals surface area contributed by atoms with E-state index in [-0.39, 0.29) is 5.91 Å². The van der Waals surface area contributed by atoms with E-state index in [1.807, 2.05) is 24.4 Å². The number of esters is 1. The molecule has 0 unspecified atom stereocenters. The second-order valence-corrected chi connectivity index (χ2v) is 6.44. The molecule has 6 heteroatoms. The van der Waals surface area contributed by atoms with Crippen molar-refractivity contribution in [2.24, 2.45) is 0 Å². The molecule has 0 spiro atoms. The van der Waals surface area contributed by atoms with Crippen molar-refractivity contribution in [3.8, 4) is 0 Å². The molecule has 2 N–H and O–H groups in total. The second kappa shape index (κ2) is 8.06. The van der Waals surface area contributed by atoms with E-state index in [0.29, 0.717) is 29.3 Å². The van der Waals surface area contributed by atoms with Crippen molar-refractivity contribution in [2.75, 3.05) is 11.9 Å². The lowest BCUT2D eigenvalue weighted by molar-refractivity contribution is -0.114. The standard InChI is InChI=1S/C20H19ClN2O3/c1-13(24)23-17-6-2-4-14(10-17)20(25)26-9-3-5-15-12-22-19-8-7-16(21)11-18(15)19/h2,4,6-8,10-12,22H,3,5,9H2,1H3,(H,23,24). The van der Waals surface area contributed by atoms with Crippen molar-refractivity contribution < 1.29 is 14.3 Å². The lowest BCUT2D eigenvalue weighted by Crippen LogP contribution is -2.09. The summed E-state index contributed by atoms with van der Waals surface area (Å²) in [5.41, 5.74) is 3.17. The summed E-state index contributed by atoms with van der Waals surface area (Å²) in [6, 6.07) is 12.4. The van der Waals surface area contributed by atoms with Crippen LogP contribution in [-0.4, -0.2) is 23.5 Å². The summed E-state index contributed by atoms with van der Waals surface area (Å²) in [7, 11) is 0. The Morgan fingerprint density at radius 2 is 2.04 bits per heavy atom. The van der Waals surface area contributed by atoms with Crippen LogP contribution in [0.1, 0.15) is 29.3 Å². The topological polar surface area (TPSA) is 71.2 Å². The first-order valence-corrected chi connectivity index (χ1v) is 8.71. The molecule has 0 saturated heterocycles. The van der Waals surface area contributed by atoms with Crippen LogP contribution < -0.4 is 5.32 Å². The second-order valence-electron chi connectivity index (χ2n) is 6.01. The summed E-state index contributed by atoms with van der Waals surface area (Å²) in [6.07, 6.45) is 3.44. The van der Waals surface area contributed by atoms with E-state index in [4.69, 9.17) is 16.3 Å². The molecule has 2 aromatic carbocycles. The largest absolute Gasteiger partial charge is 0.462 e. The van der Waals surface area contributed by atoms with E-state index in [9.17, 15) is 9.59 Å². The van der Waals surface area contributed by atoms with E-state index in [1.54, 1.807) is 24.3 Å². The summed E-state index contributed by atoms with van der Waals surface area (Å²) in [5, 5.41) is 4.43. The third-order valence-electron chi connectivity index (χ3n) is 3.97. The molecule has 3 rings (SSSR count). The summed E-state index contributed by atoms with van der Waals surface area (Å²) in [5.74, 6) is -0.589. The van der Waals surface area contributed by atoms with Gasteiger partial charge >= 0.3 is 5.97 Å². The van der Waals surface area contributed by atoms with Crippen LogP contribution in [-0.2, 0) is 16.0 Å².